The summed E-state index contributed by atoms with van der Waals surface area (Å²) in [7, 11) is 0. The van der Waals surface area contributed by atoms with Crippen LogP contribution in [-0.2, 0) is 44.9 Å². The number of alkyl halides is 3. The Hall–Kier alpha value is -4.23. The Labute approximate surface area is 295 Å². The van der Waals surface area contributed by atoms with Gasteiger partial charge in [-0.25, -0.2) is 8.78 Å². The SMILES string of the molecule is O=C1CN(Cc2ccc(C(F)(F)F)cc2)C(=O)CN(Cc2cc(F)cc(F)c2)C(=O)CN(CCc2ccc(Cl)cc2Cl)C(=O)[C@H]2CCC[C@@H]2N1. The van der Waals surface area contributed by atoms with E-state index in [0.717, 1.165) is 34.1 Å². The van der Waals surface area contributed by atoms with Crippen LogP contribution in [0.5, 0.6) is 0 Å². The molecule has 3 aromatic carbocycles. The van der Waals surface area contributed by atoms with Crippen LogP contribution in [0.25, 0.3) is 0 Å². The molecule has 0 unspecified atom stereocenters. The maximum Gasteiger partial charge on any atom is 0.416 e. The van der Waals surface area contributed by atoms with Crippen molar-refractivity contribution in [3.8, 4) is 0 Å². The summed E-state index contributed by atoms with van der Waals surface area (Å²) in [5, 5.41) is 3.63. The molecule has 2 aliphatic rings. The first-order chi connectivity index (χ1) is 23.7. The largest absolute Gasteiger partial charge is 0.416 e. The van der Waals surface area contributed by atoms with E-state index in [9.17, 15) is 41.1 Å². The van der Waals surface area contributed by atoms with Crippen molar-refractivity contribution in [1.29, 1.82) is 0 Å². The summed E-state index contributed by atoms with van der Waals surface area (Å²) in [6, 6.07) is 11.0. The number of carbonyl (C=O) groups is 4. The number of nitrogens with one attached hydrogen (secondary N) is 1. The van der Waals surface area contributed by atoms with Gasteiger partial charge in [-0.2, -0.15) is 13.2 Å². The summed E-state index contributed by atoms with van der Waals surface area (Å²) < 4.78 is 67.9. The van der Waals surface area contributed by atoms with Crippen LogP contribution >= 0.6 is 23.2 Å². The van der Waals surface area contributed by atoms with Gasteiger partial charge in [-0.05, 0) is 72.4 Å². The second-order valence-electron chi connectivity index (χ2n) is 12.4. The molecule has 8 nitrogen and oxygen atoms in total. The summed E-state index contributed by atoms with van der Waals surface area (Å²) in [5.74, 6) is -4.95. The fourth-order valence-electron chi connectivity index (χ4n) is 6.27. The third-order valence-electron chi connectivity index (χ3n) is 8.80. The Balaban J connectivity index is 1.48. The van der Waals surface area contributed by atoms with Gasteiger partial charge in [0.05, 0.1) is 24.6 Å². The van der Waals surface area contributed by atoms with E-state index in [2.05, 4.69) is 5.32 Å². The lowest BCUT2D eigenvalue weighted by atomic mass is 10.0. The highest BCUT2D eigenvalue weighted by Crippen LogP contribution is 2.30. The average Bonchev–Trinajstić information content (AvgIpc) is 3.49. The van der Waals surface area contributed by atoms with E-state index in [0.29, 0.717) is 40.9 Å². The summed E-state index contributed by atoms with van der Waals surface area (Å²) in [4.78, 5) is 58.7. The van der Waals surface area contributed by atoms with Crippen LogP contribution in [0.15, 0.2) is 60.7 Å². The molecule has 1 aliphatic carbocycles. The Morgan fingerprint density at radius 2 is 1.36 bits per heavy atom. The van der Waals surface area contributed by atoms with Crippen molar-refractivity contribution < 1.29 is 41.1 Å². The smallest absolute Gasteiger partial charge is 0.351 e. The van der Waals surface area contributed by atoms with Crippen LogP contribution in [0.4, 0.5) is 22.0 Å². The fourth-order valence-corrected chi connectivity index (χ4v) is 6.77. The van der Waals surface area contributed by atoms with E-state index in [1.54, 1.807) is 18.2 Å². The first kappa shape index (κ1) is 37.0. The lowest BCUT2D eigenvalue weighted by molar-refractivity contribution is -0.146. The molecule has 1 N–H and O–H groups in total. The van der Waals surface area contributed by atoms with Gasteiger partial charge in [-0.15, -0.1) is 0 Å². The zero-order valence-electron chi connectivity index (χ0n) is 26.6. The number of benzene rings is 3. The molecule has 0 aromatic heterocycles. The maximum absolute atomic E-state index is 14.2. The molecule has 0 radical (unpaired) electrons. The summed E-state index contributed by atoms with van der Waals surface area (Å²) in [6.07, 6.45) is -2.83. The van der Waals surface area contributed by atoms with Gasteiger partial charge in [-0.1, -0.05) is 47.8 Å². The molecule has 2 fully saturated rings. The molecule has 5 rings (SSSR count). The Morgan fingerprint density at radius 1 is 0.740 bits per heavy atom. The molecule has 0 spiro atoms. The first-order valence-corrected chi connectivity index (χ1v) is 16.6. The maximum atomic E-state index is 14.2. The molecule has 1 heterocycles. The van der Waals surface area contributed by atoms with Gasteiger partial charge in [-0.3, -0.25) is 19.2 Å². The molecule has 50 heavy (non-hydrogen) atoms. The van der Waals surface area contributed by atoms with Crippen LogP contribution in [0.1, 0.15) is 41.5 Å². The van der Waals surface area contributed by atoms with Gasteiger partial charge in [0.1, 0.15) is 18.2 Å². The lowest BCUT2D eigenvalue weighted by Crippen LogP contribution is -2.49. The van der Waals surface area contributed by atoms with E-state index in [1.165, 1.54) is 17.0 Å². The molecule has 2 atom stereocenters. The molecular formula is C35H33Cl2F5N4O4. The summed E-state index contributed by atoms with van der Waals surface area (Å²) in [6.45, 7) is -2.33. The van der Waals surface area contributed by atoms with Crippen molar-refractivity contribution in [2.45, 2.75) is 51.0 Å². The molecular weight excluding hydrogens is 706 g/mol. The average molecular weight is 740 g/mol. The van der Waals surface area contributed by atoms with E-state index >= 15 is 0 Å². The van der Waals surface area contributed by atoms with Gasteiger partial charge in [0.25, 0.3) is 0 Å². The third-order valence-corrected chi connectivity index (χ3v) is 9.39. The summed E-state index contributed by atoms with van der Waals surface area (Å²) >= 11 is 12.4. The highest BCUT2D eigenvalue weighted by molar-refractivity contribution is 6.35. The van der Waals surface area contributed by atoms with Crippen LogP contribution in [0.3, 0.4) is 0 Å². The van der Waals surface area contributed by atoms with Crippen LogP contribution < -0.4 is 5.32 Å². The molecule has 3 aromatic rings. The number of carbonyl (C=O) groups excluding carboxylic acids is 4. The zero-order chi connectivity index (χ0) is 36.2. The van der Waals surface area contributed by atoms with Crippen molar-refractivity contribution in [2.75, 3.05) is 26.2 Å². The highest BCUT2D eigenvalue weighted by Gasteiger charge is 2.38. The standard InChI is InChI=1S/C35H33Cl2F5N4O4/c36-25-9-6-23(29(37)14-25)10-11-44-19-32(48)46(17-22-12-26(38)15-27(39)13-22)20-33(49)45(16-21-4-7-24(8-5-21)35(40,41)42)18-31(47)43-30-3-1-2-28(30)34(44)50/h4-9,12-15,28,30H,1-3,10-11,16-20H2,(H,43,47)/t28-,30-/m0/s1. The van der Waals surface area contributed by atoms with Crippen LogP contribution in [-0.4, -0.2) is 70.5 Å². The molecule has 266 valence electrons. The number of amides is 4. The first-order valence-electron chi connectivity index (χ1n) is 15.8. The lowest BCUT2D eigenvalue weighted by Gasteiger charge is -2.31. The van der Waals surface area contributed by atoms with Crippen LogP contribution in [0.2, 0.25) is 10.0 Å². The number of hydrogen-bond acceptors (Lipinski definition) is 4. The van der Waals surface area contributed by atoms with Crippen molar-refractivity contribution in [1.82, 2.24) is 20.0 Å². The van der Waals surface area contributed by atoms with E-state index in [-0.39, 0.29) is 30.6 Å². The van der Waals surface area contributed by atoms with Gasteiger partial charge < -0.3 is 20.0 Å². The molecule has 0 bridgehead atoms. The molecule has 1 saturated heterocycles. The minimum Gasteiger partial charge on any atom is -0.351 e. The van der Waals surface area contributed by atoms with Crippen molar-refractivity contribution in [3.63, 3.8) is 0 Å². The number of halogens is 7. The highest BCUT2D eigenvalue weighted by atomic mass is 35.5. The molecule has 15 heteroatoms. The van der Waals surface area contributed by atoms with Crippen molar-refractivity contribution in [3.05, 3.63) is 105 Å². The van der Waals surface area contributed by atoms with Gasteiger partial charge >= 0.3 is 6.18 Å². The second-order valence-corrected chi connectivity index (χ2v) is 13.3. The normalized spacial score (nSPS) is 19.5. The minimum atomic E-state index is -4.58. The predicted octanol–water partition coefficient (Wildman–Crippen LogP) is 6.02. The topological polar surface area (TPSA) is 90.0 Å². The minimum absolute atomic E-state index is 0.0293. The van der Waals surface area contributed by atoms with Gasteiger partial charge in [0, 0.05) is 41.8 Å². The quantitative estimate of drug-likeness (QED) is 0.301. The molecule has 4 amide bonds. The van der Waals surface area contributed by atoms with Crippen molar-refractivity contribution >= 4 is 46.8 Å². The van der Waals surface area contributed by atoms with Crippen molar-refractivity contribution in [2.24, 2.45) is 5.92 Å². The third kappa shape index (κ3) is 9.51. The van der Waals surface area contributed by atoms with E-state index in [4.69, 9.17) is 23.2 Å². The monoisotopic (exact) mass is 738 g/mol. The number of hydrogen-bond donors (Lipinski definition) is 1. The molecule has 1 aliphatic heterocycles. The van der Waals surface area contributed by atoms with Crippen LogP contribution in [0, 0.1) is 17.6 Å². The number of rotatable bonds is 7. The number of nitrogens with zero attached hydrogens (tertiary/aromatic N) is 3. The Morgan fingerprint density at radius 3 is 2.00 bits per heavy atom. The zero-order valence-corrected chi connectivity index (χ0v) is 28.1. The number of fused-ring (bicyclic) bond motifs is 1. The second kappa shape index (κ2) is 15.8. The van der Waals surface area contributed by atoms with E-state index in [1.807, 2.05) is 0 Å². The van der Waals surface area contributed by atoms with E-state index < -0.39 is 85.1 Å². The molecule has 1 saturated carbocycles. The summed E-state index contributed by atoms with van der Waals surface area (Å²) in [5.41, 5.74) is 0.0852. The predicted molar refractivity (Wildman–Crippen MR) is 175 cm³/mol. The van der Waals surface area contributed by atoms with Gasteiger partial charge in [0.2, 0.25) is 23.6 Å². The van der Waals surface area contributed by atoms with Gasteiger partial charge in [0.15, 0.2) is 0 Å². The Kier molecular flexibility index (Phi) is 11.7. The fraction of sp³-hybridized carbons (Fsp3) is 0.371. The Bertz CT molecular complexity index is 1740.